The van der Waals surface area contributed by atoms with Crippen LogP contribution in [0, 0.1) is 0 Å². The first kappa shape index (κ1) is 12.9. The van der Waals surface area contributed by atoms with E-state index in [1.807, 2.05) is 19.1 Å². The summed E-state index contributed by atoms with van der Waals surface area (Å²) in [5.74, 6) is -0.348. The highest BCUT2D eigenvalue weighted by molar-refractivity contribution is 5.74. The highest BCUT2D eigenvalue weighted by atomic mass is 16.4. The maximum absolute atomic E-state index is 11.7. The first-order chi connectivity index (χ1) is 9.70. The van der Waals surface area contributed by atoms with Crippen LogP contribution in [-0.2, 0) is 16.9 Å². The summed E-state index contributed by atoms with van der Waals surface area (Å²) in [6, 6.07) is 5.62. The lowest BCUT2D eigenvalue weighted by atomic mass is 9.89. The van der Waals surface area contributed by atoms with Crippen LogP contribution < -0.4 is 5.76 Å². The monoisotopic (exact) mass is 272 g/mol. The summed E-state index contributed by atoms with van der Waals surface area (Å²) in [5, 5.41) is 0. The van der Waals surface area contributed by atoms with E-state index in [9.17, 15) is 9.59 Å². The molecule has 0 N–H and O–H groups in total. The van der Waals surface area contributed by atoms with Crippen LogP contribution in [0.5, 0.6) is 0 Å². The van der Waals surface area contributed by atoms with Crippen LogP contribution in [0.3, 0.4) is 0 Å². The third-order valence-corrected chi connectivity index (χ3v) is 4.21. The van der Waals surface area contributed by atoms with E-state index in [4.69, 9.17) is 4.42 Å². The molecule has 0 spiro atoms. The largest absolute Gasteiger partial charge is 0.419 e. The number of oxazole rings is 1. The molecule has 0 bridgehead atoms. The molecule has 0 atom stereocenters. The van der Waals surface area contributed by atoms with Crippen molar-refractivity contribution >= 4 is 17.2 Å². The minimum absolute atomic E-state index is 0.348. The molecule has 1 saturated carbocycles. The smallest absolute Gasteiger partial charge is 0.408 e. The van der Waals surface area contributed by atoms with Crippen LogP contribution in [0.25, 0.3) is 11.1 Å². The second kappa shape index (κ2) is 4.76. The number of nitrogens with zero attached hydrogens (tertiary/aromatic N) is 2. The molecule has 20 heavy (non-hydrogen) atoms. The molecule has 0 saturated heterocycles. The van der Waals surface area contributed by atoms with Gasteiger partial charge in [0.05, 0.1) is 11.1 Å². The SMILES string of the molecule is CCn1c(=O)oc2ccc(C3(N=C=O)CCCC3)cc21. The van der Waals surface area contributed by atoms with Gasteiger partial charge in [-0.2, -0.15) is 4.99 Å². The fourth-order valence-corrected chi connectivity index (χ4v) is 3.16. The van der Waals surface area contributed by atoms with Crippen molar-refractivity contribution in [2.24, 2.45) is 4.99 Å². The van der Waals surface area contributed by atoms with Crippen molar-refractivity contribution in [2.45, 2.75) is 44.7 Å². The lowest BCUT2D eigenvalue weighted by Crippen LogP contribution is -2.19. The van der Waals surface area contributed by atoms with Gasteiger partial charge in [-0.25, -0.2) is 9.59 Å². The van der Waals surface area contributed by atoms with Crippen LogP contribution in [0.4, 0.5) is 0 Å². The fourth-order valence-electron chi connectivity index (χ4n) is 3.16. The number of fused-ring (bicyclic) bond motifs is 1. The number of hydrogen-bond acceptors (Lipinski definition) is 4. The van der Waals surface area contributed by atoms with E-state index >= 15 is 0 Å². The van der Waals surface area contributed by atoms with E-state index < -0.39 is 5.54 Å². The molecule has 1 fully saturated rings. The lowest BCUT2D eigenvalue weighted by molar-refractivity contribution is 0.456. The van der Waals surface area contributed by atoms with Gasteiger partial charge in [0.1, 0.15) is 0 Å². The van der Waals surface area contributed by atoms with Crippen molar-refractivity contribution in [3.05, 3.63) is 34.3 Å². The predicted molar refractivity (Wildman–Crippen MR) is 74.4 cm³/mol. The number of rotatable bonds is 3. The molecule has 0 unspecified atom stereocenters. The number of isocyanates is 1. The van der Waals surface area contributed by atoms with Gasteiger partial charge in [0.15, 0.2) is 5.58 Å². The van der Waals surface area contributed by atoms with E-state index in [2.05, 4.69) is 4.99 Å². The molecule has 104 valence electrons. The van der Waals surface area contributed by atoms with E-state index in [1.165, 1.54) is 0 Å². The molecule has 0 radical (unpaired) electrons. The van der Waals surface area contributed by atoms with Crippen LogP contribution in [-0.4, -0.2) is 10.6 Å². The van der Waals surface area contributed by atoms with Gasteiger partial charge in [-0.15, -0.1) is 0 Å². The Morgan fingerprint density at radius 1 is 1.40 bits per heavy atom. The third-order valence-electron chi connectivity index (χ3n) is 4.21. The number of aromatic nitrogens is 1. The number of aliphatic imine (C=N–C) groups is 1. The molecule has 1 aliphatic rings. The summed E-state index contributed by atoms with van der Waals surface area (Å²) in [6.07, 6.45) is 5.51. The van der Waals surface area contributed by atoms with Gasteiger partial charge >= 0.3 is 5.76 Å². The zero-order valence-corrected chi connectivity index (χ0v) is 11.4. The molecule has 5 nitrogen and oxygen atoms in total. The lowest BCUT2D eigenvalue weighted by Gasteiger charge is -2.22. The van der Waals surface area contributed by atoms with E-state index in [-0.39, 0.29) is 5.76 Å². The third kappa shape index (κ3) is 1.82. The minimum atomic E-state index is -0.470. The Labute approximate surface area is 115 Å². The number of hydrogen-bond donors (Lipinski definition) is 0. The molecule has 0 amide bonds. The Morgan fingerprint density at radius 3 is 2.80 bits per heavy atom. The van der Waals surface area contributed by atoms with Gasteiger partial charge in [0, 0.05) is 6.54 Å². The Kier molecular flexibility index (Phi) is 3.07. The molecule has 0 aliphatic heterocycles. The zero-order valence-electron chi connectivity index (χ0n) is 11.4. The average molecular weight is 272 g/mol. The van der Waals surface area contributed by atoms with Gasteiger partial charge in [0.25, 0.3) is 0 Å². The van der Waals surface area contributed by atoms with Crippen LogP contribution in [0.1, 0.15) is 38.2 Å². The summed E-state index contributed by atoms with van der Waals surface area (Å²) in [6.45, 7) is 2.46. The van der Waals surface area contributed by atoms with Crippen LogP contribution in [0.15, 0.2) is 32.4 Å². The maximum atomic E-state index is 11.7. The summed E-state index contributed by atoms with van der Waals surface area (Å²) in [5.41, 5.74) is 1.84. The molecular weight excluding hydrogens is 256 g/mol. The Bertz CT molecular complexity index is 744. The van der Waals surface area contributed by atoms with Crippen molar-refractivity contribution in [2.75, 3.05) is 0 Å². The van der Waals surface area contributed by atoms with Gasteiger partial charge < -0.3 is 4.42 Å². The first-order valence-corrected chi connectivity index (χ1v) is 6.93. The molecular formula is C15H16N2O3. The van der Waals surface area contributed by atoms with Crippen molar-refractivity contribution in [3.8, 4) is 0 Å². The van der Waals surface area contributed by atoms with E-state index in [1.54, 1.807) is 16.7 Å². The number of carbonyl (C=O) groups excluding carboxylic acids is 1. The van der Waals surface area contributed by atoms with Crippen LogP contribution in [0.2, 0.25) is 0 Å². The van der Waals surface area contributed by atoms with Gasteiger partial charge in [-0.05, 0) is 37.5 Å². The van der Waals surface area contributed by atoms with Gasteiger partial charge in [-0.1, -0.05) is 18.9 Å². The van der Waals surface area contributed by atoms with Crippen LogP contribution >= 0.6 is 0 Å². The van der Waals surface area contributed by atoms with Crippen molar-refractivity contribution in [3.63, 3.8) is 0 Å². The topological polar surface area (TPSA) is 64.6 Å². The maximum Gasteiger partial charge on any atom is 0.419 e. The quantitative estimate of drug-likeness (QED) is 0.637. The fraction of sp³-hybridized carbons (Fsp3) is 0.467. The highest BCUT2D eigenvalue weighted by Crippen LogP contribution is 2.42. The van der Waals surface area contributed by atoms with Gasteiger partial charge in [-0.3, -0.25) is 4.57 Å². The minimum Gasteiger partial charge on any atom is -0.408 e. The summed E-state index contributed by atoms with van der Waals surface area (Å²) in [7, 11) is 0. The zero-order chi connectivity index (χ0) is 14.2. The average Bonchev–Trinajstić information content (AvgIpc) is 3.02. The molecule has 5 heteroatoms. The predicted octanol–water partition coefficient (Wildman–Crippen LogP) is 2.72. The first-order valence-electron chi connectivity index (χ1n) is 6.93. The van der Waals surface area contributed by atoms with Crippen molar-refractivity contribution in [1.29, 1.82) is 0 Å². The Hall–Kier alpha value is -2.13. The standard InChI is InChI=1S/C15H16N2O3/c1-2-17-12-9-11(5-6-13(12)20-14(17)19)15(16-10-18)7-3-4-8-15/h5-6,9H,2-4,7-8H2,1H3. The molecule has 1 aromatic carbocycles. The summed E-state index contributed by atoms with van der Waals surface area (Å²) in [4.78, 5) is 26.6. The normalized spacial score (nSPS) is 17.2. The second-order valence-corrected chi connectivity index (χ2v) is 5.24. The van der Waals surface area contributed by atoms with Crippen molar-refractivity contribution in [1.82, 2.24) is 4.57 Å². The Balaban J connectivity index is 2.21. The van der Waals surface area contributed by atoms with E-state index in [0.29, 0.717) is 12.1 Å². The molecule has 1 heterocycles. The summed E-state index contributed by atoms with van der Waals surface area (Å²) < 4.78 is 6.79. The summed E-state index contributed by atoms with van der Waals surface area (Å²) >= 11 is 0. The van der Waals surface area contributed by atoms with E-state index in [0.717, 1.165) is 36.8 Å². The van der Waals surface area contributed by atoms with Gasteiger partial charge in [0.2, 0.25) is 6.08 Å². The Morgan fingerprint density at radius 2 is 2.15 bits per heavy atom. The number of benzene rings is 1. The molecule has 2 aromatic rings. The molecule has 3 rings (SSSR count). The number of aryl methyl sites for hydroxylation is 1. The molecule has 1 aliphatic carbocycles. The highest BCUT2D eigenvalue weighted by Gasteiger charge is 2.36. The second-order valence-electron chi connectivity index (χ2n) is 5.24. The molecule has 1 aromatic heterocycles. The van der Waals surface area contributed by atoms with Crippen molar-refractivity contribution < 1.29 is 9.21 Å².